The van der Waals surface area contributed by atoms with Crippen molar-refractivity contribution in [3.8, 4) is 34.1 Å². The Kier molecular flexibility index (Phi) is 4.01. The van der Waals surface area contributed by atoms with Crippen LogP contribution in [0, 0.1) is 0 Å². The molecule has 2 heterocycles. The molecular weight excluding hydrogens is 370 g/mol. The van der Waals surface area contributed by atoms with Crippen molar-refractivity contribution in [3.05, 3.63) is 42.0 Å². The summed E-state index contributed by atoms with van der Waals surface area (Å²) in [7, 11) is 5.27. The maximum absolute atomic E-state index is 11.6. The zero-order valence-electron chi connectivity index (χ0n) is 16.5. The van der Waals surface area contributed by atoms with Crippen LogP contribution in [0.5, 0.6) is 23.0 Å². The van der Waals surface area contributed by atoms with Crippen LogP contribution in [-0.2, 0) is 4.79 Å². The molecule has 0 radical (unpaired) electrons. The van der Waals surface area contributed by atoms with Gasteiger partial charge >= 0.3 is 0 Å². The minimum atomic E-state index is -0.170. The van der Waals surface area contributed by atoms with E-state index in [0.29, 0.717) is 17.9 Å². The highest BCUT2D eigenvalue weighted by Crippen LogP contribution is 2.54. The van der Waals surface area contributed by atoms with Gasteiger partial charge in [-0.3, -0.25) is 0 Å². The number of fused-ring (bicyclic) bond motifs is 6. The molecule has 0 unspecified atom stereocenters. The summed E-state index contributed by atoms with van der Waals surface area (Å²) in [4.78, 5) is 13.7. The van der Waals surface area contributed by atoms with Crippen molar-refractivity contribution >= 4 is 22.7 Å². The molecule has 0 saturated heterocycles. The Morgan fingerprint density at radius 1 is 1.07 bits per heavy atom. The van der Waals surface area contributed by atoms with E-state index in [0.717, 1.165) is 50.9 Å². The van der Waals surface area contributed by atoms with Gasteiger partial charge in [0.1, 0.15) is 6.29 Å². The van der Waals surface area contributed by atoms with E-state index >= 15 is 0 Å². The number of carbonyl (C=O) groups is 1. The van der Waals surface area contributed by atoms with Gasteiger partial charge in [-0.25, -0.2) is 0 Å². The summed E-state index contributed by atoms with van der Waals surface area (Å²) in [5.74, 6) is 2.82. The van der Waals surface area contributed by atoms with Crippen LogP contribution in [0.3, 0.4) is 0 Å². The molecule has 0 aromatic heterocycles. The Balaban J connectivity index is 1.84. The summed E-state index contributed by atoms with van der Waals surface area (Å²) < 4.78 is 22.4. The van der Waals surface area contributed by atoms with Gasteiger partial charge in [0.05, 0.1) is 25.9 Å². The minimum absolute atomic E-state index is 0.170. The van der Waals surface area contributed by atoms with Crippen LogP contribution in [0.1, 0.15) is 18.0 Å². The minimum Gasteiger partial charge on any atom is -0.493 e. The fourth-order valence-corrected chi connectivity index (χ4v) is 4.53. The van der Waals surface area contributed by atoms with Crippen molar-refractivity contribution in [3.63, 3.8) is 0 Å². The lowest BCUT2D eigenvalue weighted by Crippen LogP contribution is -2.29. The third-order valence-corrected chi connectivity index (χ3v) is 5.83. The highest BCUT2D eigenvalue weighted by molar-refractivity contribution is 6.05. The Morgan fingerprint density at radius 3 is 2.55 bits per heavy atom. The first-order valence-electron chi connectivity index (χ1n) is 9.46. The van der Waals surface area contributed by atoms with Crippen LogP contribution >= 0.6 is 0 Å². The lowest BCUT2D eigenvalue weighted by molar-refractivity contribution is -0.108. The molecule has 148 valence electrons. The van der Waals surface area contributed by atoms with Crippen molar-refractivity contribution < 1.29 is 23.7 Å². The Labute approximate surface area is 168 Å². The molecule has 0 N–H and O–H groups in total. The average molecular weight is 391 g/mol. The second-order valence-corrected chi connectivity index (χ2v) is 7.18. The second kappa shape index (κ2) is 6.58. The molecule has 6 nitrogen and oxygen atoms in total. The predicted molar refractivity (Wildman–Crippen MR) is 110 cm³/mol. The molecule has 0 amide bonds. The van der Waals surface area contributed by atoms with Gasteiger partial charge in [0.2, 0.25) is 6.79 Å². The van der Waals surface area contributed by atoms with E-state index in [1.807, 2.05) is 31.3 Å². The molecule has 2 aliphatic heterocycles. The Bertz CT molecular complexity index is 1140. The van der Waals surface area contributed by atoms with Crippen LogP contribution in [0.15, 0.2) is 36.4 Å². The molecule has 5 rings (SSSR count). The number of carbonyl (C=O) groups excluding carboxylic acids is 1. The number of hydrogen-bond donors (Lipinski definition) is 0. The maximum atomic E-state index is 11.6. The van der Waals surface area contributed by atoms with Crippen LogP contribution < -0.4 is 23.8 Å². The van der Waals surface area contributed by atoms with E-state index in [4.69, 9.17) is 18.9 Å². The van der Waals surface area contributed by atoms with Crippen molar-refractivity contribution in [1.82, 2.24) is 0 Å². The number of anilines is 1. The van der Waals surface area contributed by atoms with E-state index in [1.54, 1.807) is 14.2 Å². The van der Waals surface area contributed by atoms with E-state index in [2.05, 4.69) is 17.0 Å². The lowest BCUT2D eigenvalue weighted by atomic mass is 9.84. The second-order valence-electron chi connectivity index (χ2n) is 7.18. The summed E-state index contributed by atoms with van der Waals surface area (Å²) in [6, 6.07) is 12.0. The van der Waals surface area contributed by atoms with Crippen molar-refractivity contribution in [1.29, 1.82) is 0 Å². The van der Waals surface area contributed by atoms with Gasteiger partial charge in [-0.15, -0.1) is 0 Å². The molecule has 3 aromatic carbocycles. The quantitative estimate of drug-likeness (QED) is 0.617. The maximum Gasteiger partial charge on any atom is 0.231 e. The molecule has 29 heavy (non-hydrogen) atoms. The number of ether oxygens (including phenoxy) is 4. The van der Waals surface area contributed by atoms with E-state index in [-0.39, 0.29) is 12.8 Å². The molecule has 2 aliphatic rings. The normalized spacial score (nSPS) is 16.4. The molecule has 0 fully saturated rings. The molecule has 3 aromatic rings. The number of hydrogen-bond acceptors (Lipinski definition) is 6. The fourth-order valence-electron chi connectivity index (χ4n) is 4.53. The Morgan fingerprint density at radius 2 is 1.83 bits per heavy atom. The van der Waals surface area contributed by atoms with E-state index in [1.165, 1.54) is 0 Å². The molecule has 0 spiro atoms. The first-order chi connectivity index (χ1) is 14.2. The molecule has 0 saturated carbocycles. The lowest BCUT2D eigenvalue weighted by Gasteiger charge is -2.38. The fraction of sp³-hybridized carbons (Fsp3) is 0.261. The van der Waals surface area contributed by atoms with Gasteiger partial charge in [-0.1, -0.05) is 12.1 Å². The number of rotatable bonds is 4. The standard InChI is InChI=1S/C23H21NO5/c1-24-17(8-9-25)21-14(6-7-18(26-2)23(21)27-3)15-5-4-13-10-19-20(29-12-28-19)11-16(13)22(15)24/h4-7,9-11,17H,8,12H2,1-3H3/t17-/m1/s1. The smallest absolute Gasteiger partial charge is 0.231 e. The summed E-state index contributed by atoms with van der Waals surface area (Å²) in [5, 5.41) is 2.12. The summed E-state index contributed by atoms with van der Waals surface area (Å²) >= 11 is 0. The predicted octanol–water partition coefficient (Wildman–Crippen LogP) is 4.33. The third-order valence-electron chi connectivity index (χ3n) is 5.83. The van der Waals surface area contributed by atoms with Gasteiger partial charge < -0.3 is 28.6 Å². The topological polar surface area (TPSA) is 57.2 Å². The van der Waals surface area contributed by atoms with Gasteiger partial charge in [-0.05, 0) is 35.2 Å². The average Bonchev–Trinajstić information content (AvgIpc) is 3.20. The zero-order valence-corrected chi connectivity index (χ0v) is 16.5. The third kappa shape index (κ3) is 2.45. The Hall–Kier alpha value is -3.41. The highest BCUT2D eigenvalue weighted by atomic mass is 16.7. The molecule has 6 heteroatoms. The highest BCUT2D eigenvalue weighted by Gasteiger charge is 2.34. The first kappa shape index (κ1) is 17.7. The van der Waals surface area contributed by atoms with Crippen molar-refractivity contribution in [2.75, 3.05) is 33.0 Å². The van der Waals surface area contributed by atoms with E-state index in [9.17, 15) is 4.79 Å². The van der Waals surface area contributed by atoms with Crippen LogP contribution in [0.2, 0.25) is 0 Å². The molecule has 1 atom stereocenters. The van der Waals surface area contributed by atoms with Gasteiger partial charge in [-0.2, -0.15) is 0 Å². The van der Waals surface area contributed by atoms with Crippen LogP contribution in [-0.4, -0.2) is 34.3 Å². The first-order valence-corrected chi connectivity index (χ1v) is 9.46. The number of methoxy groups -OCH3 is 2. The van der Waals surface area contributed by atoms with Gasteiger partial charge in [0.25, 0.3) is 0 Å². The van der Waals surface area contributed by atoms with Gasteiger partial charge in [0.15, 0.2) is 23.0 Å². The molecule has 0 aliphatic carbocycles. The van der Waals surface area contributed by atoms with Crippen molar-refractivity contribution in [2.24, 2.45) is 0 Å². The largest absolute Gasteiger partial charge is 0.493 e. The van der Waals surface area contributed by atoms with Crippen LogP contribution in [0.4, 0.5) is 5.69 Å². The summed E-state index contributed by atoms with van der Waals surface area (Å²) in [5.41, 5.74) is 4.15. The molecular formula is C23H21NO5. The van der Waals surface area contributed by atoms with E-state index < -0.39 is 0 Å². The zero-order chi connectivity index (χ0) is 20.1. The number of nitrogens with zero attached hydrogens (tertiary/aromatic N) is 1. The van der Waals surface area contributed by atoms with Gasteiger partial charge in [0, 0.05) is 30.0 Å². The summed E-state index contributed by atoms with van der Waals surface area (Å²) in [6.07, 6.45) is 1.29. The monoisotopic (exact) mass is 391 g/mol. The SMILES string of the molecule is COc1ccc2c(c1OC)[C@@H](CC=O)N(C)c1c-2ccc2cc3c(cc12)OCO3. The summed E-state index contributed by atoms with van der Waals surface area (Å²) in [6.45, 7) is 0.233. The van der Waals surface area contributed by atoms with Crippen LogP contribution in [0.25, 0.3) is 21.9 Å². The number of benzene rings is 3. The number of aldehydes is 1. The molecule has 0 bridgehead atoms. The van der Waals surface area contributed by atoms with Crippen molar-refractivity contribution in [2.45, 2.75) is 12.5 Å².